The third-order valence-electron chi connectivity index (χ3n) is 15.8. The topological polar surface area (TPSA) is 32.8 Å². The molecule has 1 aliphatic rings. The van der Waals surface area contributed by atoms with Gasteiger partial charge in [0.2, 0.25) is 0 Å². The molecule has 0 amide bonds. The Balaban J connectivity index is 0.980. The highest BCUT2D eigenvalue weighted by Gasteiger charge is 2.41. The maximum atomic E-state index is 7.17. The van der Waals surface area contributed by atoms with Gasteiger partial charge in [-0.2, -0.15) is 0 Å². The second-order valence-electron chi connectivity index (χ2n) is 20.3. The fourth-order valence-corrected chi connectivity index (χ4v) is 12.5. The Labute approximate surface area is 434 Å². The SMILES string of the molecule is CC1(C)c2cc(N(c3ccccc3)c3cccc4c3oc3c(-c5ccccc5)cccc34)c3ccccc3c2-c2cc(N(c3ccccc3)c3cccc4c3oc3c(-c5ccccc5)cccc34)c3ccccc3c21. The van der Waals surface area contributed by atoms with E-state index in [-0.39, 0.29) is 0 Å². The highest BCUT2D eigenvalue weighted by molar-refractivity contribution is 6.19. The maximum Gasteiger partial charge on any atom is 0.159 e. The van der Waals surface area contributed by atoms with Crippen LogP contribution in [0.4, 0.5) is 34.1 Å². The fraction of sp³-hybridized carbons (Fsp3) is 0.0423. The molecule has 0 bridgehead atoms. The highest BCUT2D eigenvalue weighted by Crippen LogP contribution is 2.59. The number of hydrogen-bond acceptors (Lipinski definition) is 4. The number of fused-ring (bicyclic) bond motifs is 13. The van der Waals surface area contributed by atoms with Gasteiger partial charge in [-0.25, -0.2) is 0 Å². The molecule has 2 heterocycles. The largest absolute Gasteiger partial charge is 0.453 e. The van der Waals surface area contributed by atoms with Crippen LogP contribution in [0, 0.1) is 0 Å². The van der Waals surface area contributed by atoms with Crippen LogP contribution in [0.1, 0.15) is 25.0 Å². The monoisotopic (exact) mass is 960 g/mol. The van der Waals surface area contributed by atoms with E-state index < -0.39 is 5.41 Å². The molecule has 4 nitrogen and oxygen atoms in total. The molecular formula is C71H48N2O2. The number of rotatable bonds is 8. The van der Waals surface area contributed by atoms with Crippen LogP contribution in [0.25, 0.3) is 98.8 Å². The molecule has 0 unspecified atom stereocenters. The zero-order chi connectivity index (χ0) is 49.8. The van der Waals surface area contributed by atoms with E-state index in [1.807, 2.05) is 0 Å². The normalized spacial score (nSPS) is 12.8. The van der Waals surface area contributed by atoms with Gasteiger partial charge in [-0.1, -0.05) is 220 Å². The first-order chi connectivity index (χ1) is 37.0. The van der Waals surface area contributed by atoms with Gasteiger partial charge in [-0.05, 0) is 92.7 Å². The van der Waals surface area contributed by atoms with Gasteiger partial charge in [0.25, 0.3) is 0 Å². The lowest BCUT2D eigenvalue weighted by atomic mass is 9.79. The zero-order valence-electron chi connectivity index (χ0n) is 41.5. The molecule has 0 radical (unpaired) electrons. The Morgan fingerprint density at radius 1 is 0.293 bits per heavy atom. The summed E-state index contributed by atoms with van der Waals surface area (Å²) in [5.74, 6) is 0. The van der Waals surface area contributed by atoms with Crippen LogP contribution in [0.15, 0.2) is 264 Å². The molecule has 0 atom stereocenters. The first-order valence-corrected chi connectivity index (χ1v) is 25.8. The third-order valence-corrected chi connectivity index (χ3v) is 15.8. The van der Waals surface area contributed by atoms with Crippen molar-refractivity contribution in [3.63, 3.8) is 0 Å². The summed E-state index contributed by atoms with van der Waals surface area (Å²) < 4.78 is 14.3. The molecule has 0 spiro atoms. The molecule has 14 aromatic rings. The minimum atomic E-state index is -0.399. The predicted molar refractivity (Wildman–Crippen MR) is 314 cm³/mol. The number of anilines is 6. The summed E-state index contributed by atoms with van der Waals surface area (Å²) in [6.45, 7) is 4.82. The Bertz CT molecular complexity index is 4560. The summed E-state index contributed by atoms with van der Waals surface area (Å²) >= 11 is 0. The van der Waals surface area contributed by atoms with E-state index in [0.29, 0.717) is 0 Å². The lowest BCUT2D eigenvalue weighted by Gasteiger charge is -2.30. The number of nitrogens with zero attached hydrogens (tertiary/aromatic N) is 2. The van der Waals surface area contributed by atoms with Crippen molar-refractivity contribution in [2.75, 3.05) is 9.80 Å². The molecule has 1 aliphatic carbocycles. The van der Waals surface area contributed by atoms with Crippen LogP contribution in [0.5, 0.6) is 0 Å². The average Bonchev–Trinajstić information content (AvgIpc) is 4.25. The smallest absolute Gasteiger partial charge is 0.159 e. The summed E-state index contributed by atoms with van der Waals surface area (Å²) in [5, 5.41) is 9.08. The lowest BCUT2D eigenvalue weighted by Crippen LogP contribution is -2.18. The van der Waals surface area contributed by atoms with Gasteiger partial charge in [0, 0.05) is 60.2 Å². The molecule has 0 saturated carbocycles. The van der Waals surface area contributed by atoms with Crippen molar-refractivity contribution in [3.05, 3.63) is 266 Å². The van der Waals surface area contributed by atoms with Crippen molar-refractivity contribution in [3.8, 4) is 33.4 Å². The number of benzene rings is 12. The summed E-state index contributed by atoms with van der Waals surface area (Å²) in [6.07, 6.45) is 0. The molecule has 0 saturated heterocycles. The molecular weight excluding hydrogens is 913 g/mol. The summed E-state index contributed by atoms with van der Waals surface area (Å²) in [6, 6.07) is 91.7. The molecule has 0 aliphatic heterocycles. The molecule has 75 heavy (non-hydrogen) atoms. The zero-order valence-corrected chi connectivity index (χ0v) is 41.5. The second-order valence-corrected chi connectivity index (χ2v) is 20.3. The lowest BCUT2D eigenvalue weighted by molar-refractivity contribution is 0.666. The fourth-order valence-electron chi connectivity index (χ4n) is 12.5. The molecule has 354 valence electrons. The number of para-hydroxylation sites is 6. The molecule has 0 fully saturated rings. The van der Waals surface area contributed by atoms with Gasteiger partial charge in [0.1, 0.15) is 11.2 Å². The minimum Gasteiger partial charge on any atom is -0.453 e. The van der Waals surface area contributed by atoms with Gasteiger partial charge in [0.05, 0.1) is 22.7 Å². The third kappa shape index (κ3) is 6.49. The summed E-state index contributed by atoms with van der Waals surface area (Å²) in [7, 11) is 0. The van der Waals surface area contributed by atoms with E-state index in [4.69, 9.17) is 8.83 Å². The quantitative estimate of drug-likeness (QED) is 0.152. The van der Waals surface area contributed by atoms with Gasteiger partial charge < -0.3 is 18.6 Å². The first kappa shape index (κ1) is 43.0. The Kier molecular flexibility index (Phi) is 9.58. The molecule has 15 rings (SSSR count). The van der Waals surface area contributed by atoms with E-state index in [0.717, 1.165) is 106 Å². The molecule has 12 aromatic carbocycles. The number of furan rings is 2. The van der Waals surface area contributed by atoms with Gasteiger partial charge in [-0.15, -0.1) is 0 Å². The molecule has 2 aromatic heterocycles. The van der Waals surface area contributed by atoms with Gasteiger partial charge in [0.15, 0.2) is 11.2 Å². The Morgan fingerprint density at radius 3 is 1.16 bits per heavy atom. The summed E-state index contributed by atoms with van der Waals surface area (Å²) in [5.41, 5.74) is 18.8. The highest BCUT2D eigenvalue weighted by atomic mass is 16.3. The van der Waals surface area contributed by atoms with Crippen molar-refractivity contribution in [1.82, 2.24) is 0 Å². The first-order valence-electron chi connectivity index (χ1n) is 25.8. The summed E-state index contributed by atoms with van der Waals surface area (Å²) in [4.78, 5) is 4.85. The van der Waals surface area contributed by atoms with Gasteiger partial charge >= 0.3 is 0 Å². The van der Waals surface area contributed by atoms with E-state index in [1.165, 1.54) is 38.4 Å². The minimum absolute atomic E-state index is 0.399. The van der Waals surface area contributed by atoms with Gasteiger partial charge in [-0.3, -0.25) is 0 Å². The standard InChI is InChI=1S/C71H48N2O2/c1-71(2)60-44-64(73(48-29-13-6-14-30-48)62-42-22-40-58-56-38-20-36-50(68(56)75-70(58)62)46-25-9-4-10-26-46)51-31-15-17-33-53(51)65(60)59-43-63(52-32-16-18-34-54(52)66(59)71)72(47-27-11-5-12-28-47)61-41-21-39-57-55-37-19-35-49(67(55)74-69(57)61)45-23-7-3-8-24-45/h3-44H,1-2H3. The Morgan fingerprint density at radius 2 is 0.667 bits per heavy atom. The van der Waals surface area contributed by atoms with Crippen LogP contribution in [-0.4, -0.2) is 0 Å². The van der Waals surface area contributed by atoms with Crippen molar-refractivity contribution >= 4 is 99.5 Å². The van der Waals surface area contributed by atoms with Crippen molar-refractivity contribution < 1.29 is 8.83 Å². The van der Waals surface area contributed by atoms with Crippen LogP contribution in [-0.2, 0) is 5.41 Å². The van der Waals surface area contributed by atoms with E-state index >= 15 is 0 Å². The van der Waals surface area contributed by atoms with Crippen molar-refractivity contribution in [2.24, 2.45) is 0 Å². The van der Waals surface area contributed by atoms with Crippen LogP contribution in [0.2, 0.25) is 0 Å². The Hall–Kier alpha value is -9.64. The van der Waals surface area contributed by atoms with Crippen LogP contribution in [0.3, 0.4) is 0 Å². The predicted octanol–water partition coefficient (Wildman–Crippen LogP) is 20.4. The van der Waals surface area contributed by atoms with Crippen molar-refractivity contribution in [1.29, 1.82) is 0 Å². The second kappa shape index (κ2) is 16.7. The van der Waals surface area contributed by atoms with Crippen molar-refractivity contribution in [2.45, 2.75) is 19.3 Å². The van der Waals surface area contributed by atoms with Crippen LogP contribution < -0.4 is 9.80 Å². The van der Waals surface area contributed by atoms with E-state index in [1.54, 1.807) is 0 Å². The molecule has 4 heteroatoms. The van der Waals surface area contributed by atoms with E-state index in [2.05, 4.69) is 278 Å². The van der Waals surface area contributed by atoms with Crippen LogP contribution >= 0.6 is 0 Å². The number of hydrogen-bond donors (Lipinski definition) is 0. The molecule has 0 N–H and O–H groups in total. The van der Waals surface area contributed by atoms with E-state index in [9.17, 15) is 0 Å². The maximum absolute atomic E-state index is 7.17. The average molecular weight is 961 g/mol.